The van der Waals surface area contributed by atoms with Gasteiger partial charge in [0.25, 0.3) is 0 Å². The number of aromatic nitrogens is 4. The molecule has 15 nitrogen and oxygen atoms in total. The summed E-state index contributed by atoms with van der Waals surface area (Å²) in [6, 6.07) is 6.41. The molecule has 0 aliphatic carbocycles. The first-order valence-corrected chi connectivity index (χ1v) is 15.3. The second-order valence-electron chi connectivity index (χ2n) is 11.4. The standard InChI is InChI=1S/C26H33N7O8S2/c1-25(2,3)41-24(40)31(4)10-16-8-6-5-7-15(16)9-17(34)27-19-20(37)32-12-26(22(38)39,13-42-21(19)32)14-43-23-28-29-30-33(23)11-18(35)36/h5-8,19,21H,9-14H2,1-4H3,(H,27,34)(H,35,36)(H,38,39)/t19?,21-,26?/m1/s1. The molecule has 3 N–H and O–H groups in total. The SMILES string of the molecule is CN(Cc1ccccc1CC(=O)NC1C(=O)N2CC(CSc3nnnn3CC(=O)O)(C(=O)O)CS[C@H]12)C(=O)OC(C)(C)C. The average molecular weight is 636 g/mol. The van der Waals surface area contributed by atoms with Crippen molar-refractivity contribution in [1.82, 2.24) is 35.3 Å². The molecule has 0 bridgehead atoms. The molecular weight excluding hydrogens is 602 g/mol. The number of carbonyl (C=O) groups excluding carboxylic acids is 3. The number of β-lactam (4-membered cyclic amide) rings is 1. The first kappa shape index (κ1) is 32.1. The Morgan fingerprint density at radius 3 is 2.56 bits per heavy atom. The molecule has 43 heavy (non-hydrogen) atoms. The van der Waals surface area contributed by atoms with E-state index in [-0.39, 0.29) is 48.0 Å². The summed E-state index contributed by atoms with van der Waals surface area (Å²) in [7, 11) is 1.61. The summed E-state index contributed by atoms with van der Waals surface area (Å²) in [6.07, 6.45) is -0.504. The van der Waals surface area contributed by atoms with Crippen LogP contribution in [0, 0.1) is 5.41 Å². The minimum atomic E-state index is -1.32. The highest BCUT2D eigenvalue weighted by atomic mass is 32.2. The number of nitrogens with zero attached hydrogens (tertiary/aromatic N) is 6. The average Bonchev–Trinajstić information content (AvgIpc) is 3.36. The van der Waals surface area contributed by atoms with Gasteiger partial charge in [-0.3, -0.25) is 19.2 Å². The van der Waals surface area contributed by atoms with Crippen LogP contribution < -0.4 is 5.32 Å². The monoisotopic (exact) mass is 635 g/mol. The van der Waals surface area contributed by atoms with Crippen LogP contribution in [0.1, 0.15) is 31.9 Å². The molecule has 1 aromatic heterocycles. The third-order valence-electron chi connectivity index (χ3n) is 6.76. The molecule has 17 heteroatoms. The van der Waals surface area contributed by atoms with Gasteiger partial charge in [0.2, 0.25) is 17.0 Å². The van der Waals surface area contributed by atoms with Gasteiger partial charge in [-0.2, -0.15) is 0 Å². The number of benzene rings is 1. The van der Waals surface area contributed by atoms with Crippen molar-refractivity contribution in [2.24, 2.45) is 5.41 Å². The molecule has 3 heterocycles. The van der Waals surface area contributed by atoms with Crippen LogP contribution in [0.3, 0.4) is 0 Å². The molecule has 3 atom stereocenters. The van der Waals surface area contributed by atoms with Gasteiger partial charge in [-0.05, 0) is 42.3 Å². The number of ether oxygens (including phenoxy) is 1. The smallest absolute Gasteiger partial charge is 0.410 e. The Morgan fingerprint density at radius 2 is 1.91 bits per heavy atom. The molecule has 232 valence electrons. The Labute approximate surface area is 255 Å². The molecule has 2 fully saturated rings. The van der Waals surface area contributed by atoms with Crippen molar-refractivity contribution < 1.29 is 38.9 Å². The van der Waals surface area contributed by atoms with Crippen LogP contribution in [0.25, 0.3) is 0 Å². The van der Waals surface area contributed by atoms with Crippen LogP contribution in [0.4, 0.5) is 4.79 Å². The maximum atomic E-state index is 13.0. The van der Waals surface area contributed by atoms with Gasteiger partial charge in [-0.25, -0.2) is 9.48 Å². The van der Waals surface area contributed by atoms with E-state index in [2.05, 4.69) is 20.8 Å². The molecule has 2 aromatic rings. The molecule has 1 aromatic carbocycles. The molecular formula is C26H33N7O8S2. The first-order chi connectivity index (χ1) is 20.2. The van der Waals surface area contributed by atoms with Gasteiger partial charge < -0.3 is 30.1 Å². The maximum Gasteiger partial charge on any atom is 0.410 e. The Balaban J connectivity index is 1.35. The predicted octanol–water partition coefficient (Wildman–Crippen LogP) is 0.930. The molecule has 0 radical (unpaired) electrons. The van der Waals surface area contributed by atoms with Gasteiger partial charge in [-0.15, -0.1) is 16.9 Å². The normalized spacial score (nSPS) is 21.4. The number of hydrogen-bond acceptors (Lipinski definition) is 11. The summed E-state index contributed by atoms with van der Waals surface area (Å²) in [5.74, 6) is -2.82. The lowest BCUT2D eigenvalue weighted by atomic mass is 9.89. The lowest BCUT2D eigenvalue weighted by molar-refractivity contribution is -0.157. The fourth-order valence-corrected chi connectivity index (χ4v) is 7.32. The zero-order valence-electron chi connectivity index (χ0n) is 24.1. The quantitative estimate of drug-likeness (QED) is 0.233. The van der Waals surface area contributed by atoms with Crippen LogP contribution in [0.2, 0.25) is 0 Å². The number of tetrazole rings is 1. The molecule has 0 saturated carbocycles. The van der Waals surface area contributed by atoms with E-state index < -0.39 is 47.0 Å². The Morgan fingerprint density at radius 1 is 1.21 bits per heavy atom. The number of amides is 3. The number of fused-ring (bicyclic) bond motifs is 1. The fourth-order valence-electron chi connectivity index (χ4n) is 4.58. The van der Waals surface area contributed by atoms with E-state index >= 15 is 0 Å². The Bertz CT molecular complexity index is 1410. The van der Waals surface area contributed by atoms with Crippen molar-refractivity contribution in [2.45, 2.75) is 62.5 Å². The summed E-state index contributed by atoms with van der Waals surface area (Å²) in [5.41, 5.74) is -0.510. The summed E-state index contributed by atoms with van der Waals surface area (Å²) in [5, 5.41) is 32.5. The number of rotatable bonds is 11. The number of nitrogens with one attached hydrogen (secondary N) is 1. The predicted molar refractivity (Wildman–Crippen MR) is 154 cm³/mol. The van der Waals surface area contributed by atoms with Gasteiger partial charge in [0.05, 0.1) is 6.42 Å². The lowest BCUT2D eigenvalue weighted by Gasteiger charge is -2.53. The number of carboxylic acids is 2. The minimum Gasteiger partial charge on any atom is -0.481 e. The van der Waals surface area contributed by atoms with Crippen molar-refractivity contribution in [3.63, 3.8) is 0 Å². The second kappa shape index (κ2) is 12.8. The van der Waals surface area contributed by atoms with Crippen molar-refractivity contribution in [2.75, 3.05) is 25.1 Å². The Hall–Kier alpha value is -3.86. The molecule has 2 aliphatic heterocycles. The first-order valence-electron chi connectivity index (χ1n) is 13.3. The molecule has 4 rings (SSSR count). The maximum absolute atomic E-state index is 13.0. The number of carbonyl (C=O) groups is 5. The van der Waals surface area contributed by atoms with Crippen molar-refractivity contribution >= 4 is 53.4 Å². The van der Waals surface area contributed by atoms with Crippen LogP contribution in [0.5, 0.6) is 0 Å². The van der Waals surface area contributed by atoms with Gasteiger partial charge >= 0.3 is 18.0 Å². The largest absolute Gasteiger partial charge is 0.481 e. The number of hydrogen-bond donors (Lipinski definition) is 3. The van der Waals surface area contributed by atoms with Crippen LogP contribution >= 0.6 is 23.5 Å². The second-order valence-corrected chi connectivity index (χ2v) is 13.4. The van der Waals surface area contributed by atoms with Crippen LogP contribution in [-0.2, 0) is 43.4 Å². The Kier molecular flexibility index (Phi) is 9.54. The van der Waals surface area contributed by atoms with Crippen molar-refractivity contribution in [3.8, 4) is 0 Å². The minimum absolute atomic E-state index is 0.0113. The number of carboxylic acid groups (broad SMARTS) is 2. The summed E-state index contributed by atoms with van der Waals surface area (Å²) in [6.45, 7) is 5.02. The number of thioether (sulfide) groups is 2. The van der Waals surface area contributed by atoms with Crippen LogP contribution in [-0.4, -0.2) is 112 Å². The van der Waals surface area contributed by atoms with Crippen molar-refractivity contribution in [1.29, 1.82) is 0 Å². The van der Waals surface area contributed by atoms with E-state index in [1.165, 1.54) is 21.6 Å². The van der Waals surface area contributed by atoms with Gasteiger partial charge in [0.1, 0.15) is 29.0 Å². The number of aliphatic carboxylic acids is 2. The van der Waals surface area contributed by atoms with E-state index in [1.807, 2.05) is 12.1 Å². The van der Waals surface area contributed by atoms with E-state index in [4.69, 9.17) is 9.84 Å². The van der Waals surface area contributed by atoms with Gasteiger partial charge in [-0.1, -0.05) is 36.0 Å². The molecule has 3 amide bonds. The zero-order valence-corrected chi connectivity index (χ0v) is 25.7. The molecule has 2 saturated heterocycles. The van der Waals surface area contributed by atoms with Crippen molar-refractivity contribution in [3.05, 3.63) is 35.4 Å². The highest BCUT2D eigenvalue weighted by Crippen LogP contribution is 2.44. The van der Waals surface area contributed by atoms with Gasteiger partial charge in [0.15, 0.2) is 0 Å². The third kappa shape index (κ3) is 7.57. The molecule has 2 unspecified atom stereocenters. The topological polar surface area (TPSA) is 197 Å². The highest BCUT2D eigenvalue weighted by Gasteiger charge is 2.57. The summed E-state index contributed by atoms with van der Waals surface area (Å²) < 4.78 is 6.47. The van der Waals surface area contributed by atoms with E-state index in [9.17, 15) is 29.1 Å². The van der Waals surface area contributed by atoms with Crippen LogP contribution in [0.15, 0.2) is 29.4 Å². The molecule has 0 spiro atoms. The summed E-state index contributed by atoms with van der Waals surface area (Å²) in [4.78, 5) is 64.7. The summed E-state index contributed by atoms with van der Waals surface area (Å²) >= 11 is 2.27. The van der Waals surface area contributed by atoms with E-state index in [0.717, 1.165) is 22.0 Å². The lowest BCUT2D eigenvalue weighted by Crippen LogP contribution is -2.74. The highest BCUT2D eigenvalue weighted by molar-refractivity contribution is 8.00. The van der Waals surface area contributed by atoms with Gasteiger partial charge in [0, 0.05) is 31.6 Å². The van der Waals surface area contributed by atoms with E-state index in [0.29, 0.717) is 5.56 Å². The van der Waals surface area contributed by atoms with E-state index in [1.54, 1.807) is 40.0 Å². The molecule has 2 aliphatic rings. The zero-order chi connectivity index (χ0) is 31.5. The fraction of sp³-hybridized carbons (Fsp3) is 0.538. The third-order valence-corrected chi connectivity index (χ3v) is 9.59.